The van der Waals surface area contributed by atoms with Crippen LogP contribution in [0.4, 0.5) is 0 Å². The van der Waals surface area contributed by atoms with Gasteiger partial charge in [-0.2, -0.15) is 0 Å². The molecule has 0 amide bonds. The minimum Gasteiger partial charge on any atom is -0.462 e. The molecule has 0 aliphatic rings. The van der Waals surface area contributed by atoms with Crippen LogP contribution in [0.3, 0.4) is 0 Å². The van der Waals surface area contributed by atoms with E-state index in [4.69, 9.17) is 19.3 Å². The van der Waals surface area contributed by atoms with E-state index >= 15 is 0 Å². The molecule has 9 heteroatoms. The standard InChI is InChI=1S/C45H67O8P/c1-3-5-7-9-11-13-15-17-19-21-22-24-26-28-30-32-34-36-38-40-45(47)53-43(42-52-54(48,49)50)41-51-44(46)39-37-35-33-31-29-27-25-23-20-18-16-14-12-10-8-6-4-2/h5-8,11-14,17-20,22,24-25,27-28,30-31,33-34,36,43H,3-4,9-10,15-16,21,23,26,29,32,35,37-42H2,1-2H3,(H2,48,49,50)/b7-5-,8-6-,13-11-,14-12-,19-17-,20-18-,24-22-,27-25-,30-28-,33-31-,36-34-. The van der Waals surface area contributed by atoms with E-state index in [2.05, 4.69) is 128 Å². The maximum absolute atomic E-state index is 12.4. The van der Waals surface area contributed by atoms with Crippen molar-refractivity contribution in [2.24, 2.45) is 0 Å². The summed E-state index contributed by atoms with van der Waals surface area (Å²) < 4.78 is 26.2. The number of hydrogen-bond donors (Lipinski definition) is 2. The number of phosphoric ester groups is 1. The molecule has 0 saturated carbocycles. The summed E-state index contributed by atoms with van der Waals surface area (Å²) in [5.74, 6) is -1.07. The first-order valence-corrected chi connectivity index (χ1v) is 21.0. The van der Waals surface area contributed by atoms with Crippen molar-refractivity contribution in [2.45, 2.75) is 123 Å². The average molecular weight is 767 g/mol. The van der Waals surface area contributed by atoms with E-state index in [1.165, 1.54) is 0 Å². The Balaban J connectivity index is 4.23. The zero-order valence-corrected chi connectivity index (χ0v) is 33.7. The van der Waals surface area contributed by atoms with E-state index in [1.807, 2.05) is 24.3 Å². The molecule has 0 aromatic carbocycles. The van der Waals surface area contributed by atoms with Crippen LogP contribution >= 0.6 is 7.82 Å². The molecule has 0 spiro atoms. The van der Waals surface area contributed by atoms with Crippen molar-refractivity contribution in [3.63, 3.8) is 0 Å². The van der Waals surface area contributed by atoms with Crippen molar-refractivity contribution >= 4 is 19.8 Å². The smallest absolute Gasteiger partial charge is 0.462 e. The Bertz CT molecular complexity index is 1320. The van der Waals surface area contributed by atoms with Crippen molar-refractivity contribution in [1.29, 1.82) is 0 Å². The second-order valence-corrected chi connectivity index (χ2v) is 13.4. The monoisotopic (exact) mass is 766 g/mol. The first-order chi connectivity index (χ1) is 26.3. The molecule has 0 aromatic rings. The second kappa shape index (κ2) is 38.9. The Hall–Kier alpha value is -3.81. The molecule has 0 saturated heterocycles. The van der Waals surface area contributed by atoms with Crippen LogP contribution in [0.15, 0.2) is 134 Å². The Morgan fingerprint density at radius 1 is 0.481 bits per heavy atom. The number of esters is 2. The highest BCUT2D eigenvalue weighted by atomic mass is 31.2. The molecule has 54 heavy (non-hydrogen) atoms. The summed E-state index contributed by atoms with van der Waals surface area (Å²) in [5, 5.41) is 0. The van der Waals surface area contributed by atoms with Crippen molar-refractivity contribution < 1.29 is 37.9 Å². The lowest BCUT2D eigenvalue weighted by Gasteiger charge is -2.18. The van der Waals surface area contributed by atoms with E-state index in [0.29, 0.717) is 19.3 Å². The lowest BCUT2D eigenvalue weighted by atomic mass is 10.2. The van der Waals surface area contributed by atoms with Gasteiger partial charge in [0.1, 0.15) is 6.61 Å². The Morgan fingerprint density at radius 3 is 1.20 bits per heavy atom. The van der Waals surface area contributed by atoms with Crippen LogP contribution in [0.5, 0.6) is 0 Å². The SMILES string of the molecule is CC/C=C\C/C=C\C/C=C\C/C=C\C/C=C\C/C=C\CCC(=O)OC(COC(=O)CCC/C=C\C/C=C\C/C=C\C/C=C\C/C=C\CC)COP(=O)(O)O. The van der Waals surface area contributed by atoms with E-state index in [0.717, 1.165) is 70.6 Å². The van der Waals surface area contributed by atoms with Crippen LogP contribution in [0, 0.1) is 0 Å². The number of rotatable bonds is 33. The first-order valence-electron chi connectivity index (χ1n) is 19.5. The highest BCUT2D eigenvalue weighted by Gasteiger charge is 2.22. The summed E-state index contributed by atoms with van der Waals surface area (Å²) in [6, 6.07) is 0. The quantitative estimate of drug-likeness (QED) is 0.0293. The third-order valence-electron chi connectivity index (χ3n) is 7.18. The fraction of sp³-hybridized carbons (Fsp3) is 0.467. The summed E-state index contributed by atoms with van der Waals surface area (Å²) in [6.07, 6.45) is 57.6. The van der Waals surface area contributed by atoms with E-state index in [1.54, 1.807) is 0 Å². The van der Waals surface area contributed by atoms with Crippen LogP contribution in [0.25, 0.3) is 0 Å². The fourth-order valence-corrected chi connectivity index (χ4v) is 4.73. The average Bonchev–Trinajstić information content (AvgIpc) is 3.14. The molecule has 0 aliphatic carbocycles. The van der Waals surface area contributed by atoms with Crippen LogP contribution in [-0.2, 0) is 28.2 Å². The van der Waals surface area contributed by atoms with E-state index in [9.17, 15) is 14.2 Å². The maximum Gasteiger partial charge on any atom is 0.469 e. The molecule has 0 aliphatic heterocycles. The summed E-state index contributed by atoms with van der Waals surface area (Å²) in [4.78, 5) is 42.7. The molecule has 2 N–H and O–H groups in total. The maximum atomic E-state index is 12.4. The number of ether oxygens (including phenoxy) is 2. The number of phosphoric acid groups is 1. The minimum absolute atomic E-state index is 0.0652. The van der Waals surface area contributed by atoms with Gasteiger partial charge in [0.15, 0.2) is 6.10 Å². The van der Waals surface area contributed by atoms with Gasteiger partial charge < -0.3 is 19.3 Å². The Labute approximate surface area is 326 Å². The van der Waals surface area contributed by atoms with Gasteiger partial charge in [-0.05, 0) is 89.9 Å². The zero-order valence-electron chi connectivity index (χ0n) is 32.8. The molecule has 300 valence electrons. The van der Waals surface area contributed by atoms with Crippen LogP contribution in [0.2, 0.25) is 0 Å². The number of hydrogen-bond acceptors (Lipinski definition) is 6. The van der Waals surface area contributed by atoms with Crippen LogP contribution in [-0.4, -0.2) is 41.0 Å². The first kappa shape index (κ1) is 50.2. The molecular weight excluding hydrogens is 699 g/mol. The summed E-state index contributed by atoms with van der Waals surface area (Å²) in [6.45, 7) is 3.31. The number of unbranched alkanes of at least 4 members (excludes halogenated alkanes) is 1. The highest BCUT2D eigenvalue weighted by Crippen LogP contribution is 2.35. The topological polar surface area (TPSA) is 119 Å². The Kier molecular flexibility index (Phi) is 36.2. The van der Waals surface area contributed by atoms with Gasteiger partial charge in [-0.25, -0.2) is 4.57 Å². The van der Waals surface area contributed by atoms with Gasteiger partial charge in [-0.15, -0.1) is 0 Å². The molecule has 0 heterocycles. The zero-order chi connectivity index (χ0) is 39.6. The largest absolute Gasteiger partial charge is 0.469 e. The van der Waals surface area contributed by atoms with E-state index < -0.39 is 32.5 Å². The molecule has 0 rings (SSSR count). The third-order valence-corrected chi connectivity index (χ3v) is 7.66. The Morgan fingerprint density at radius 2 is 0.833 bits per heavy atom. The van der Waals surface area contributed by atoms with Gasteiger partial charge in [-0.3, -0.25) is 14.1 Å². The minimum atomic E-state index is -4.80. The molecule has 0 radical (unpaired) electrons. The molecule has 1 atom stereocenters. The van der Waals surface area contributed by atoms with Crippen molar-refractivity contribution in [2.75, 3.05) is 13.2 Å². The van der Waals surface area contributed by atoms with Crippen LogP contribution < -0.4 is 0 Å². The van der Waals surface area contributed by atoms with Crippen LogP contribution in [0.1, 0.15) is 117 Å². The van der Waals surface area contributed by atoms with Gasteiger partial charge in [0.25, 0.3) is 0 Å². The van der Waals surface area contributed by atoms with Crippen molar-refractivity contribution in [3.8, 4) is 0 Å². The van der Waals surface area contributed by atoms with E-state index in [-0.39, 0.29) is 19.4 Å². The van der Waals surface area contributed by atoms with Gasteiger partial charge in [0, 0.05) is 12.8 Å². The molecule has 1 unspecified atom stereocenters. The third kappa shape index (κ3) is 41.0. The molecule has 8 nitrogen and oxygen atoms in total. The van der Waals surface area contributed by atoms with Crippen molar-refractivity contribution in [3.05, 3.63) is 134 Å². The second-order valence-electron chi connectivity index (χ2n) is 12.1. The number of carbonyl (C=O) groups is 2. The molecule has 0 bridgehead atoms. The summed E-state index contributed by atoms with van der Waals surface area (Å²) in [7, 11) is -4.80. The van der Waals surface area contributed by atoms with Gasteiger partial charge >= 0.3 is 19.8 Å². The highest BCUT2D eigenvalue weighted by molar-refractivity contribution is 7.46. The lowest BCUT2D eigenvalue weighted by molar-refractivity contribution is -0.161. The molecular formula is C45H67O8P. The van der Waals surface area contributed by atoms with Gasteiger partial charge in [0.2, 0.25) is 0 Å². The van der Waals surface area contributed by atoms with Gasteiger partial charge in [0.05, 0.1) is 6.61 Å². The predicted molar refractivity (Wildman–Crippen MR) is 225 cm³/mol. The summed E-state index contributed by atoms with van der Waals surface area (Å²) >= 11 is 0. The number of carbonyl (C=O) groups excluding carboxylic acids is 2. The normalized spacial score (nSPS) is 13.9. The number of allylic oxidation sites excluding steroid dienone is 22. The molecule has 0 aromatic heterocycles. The predicted octanol–water partition coefficient (Wildman–Crippen LogP) is 12.0. The molecule has 0 fully saturated rings. The van der Waals surface area contributed by atoms with Gasteiger partial charge in [-0.1, -0.05) is 148 Å². The lowest BCUT2D eigenvalue weighted by Crippen LogP contribution is -2.29. The fourth-order valence-electron chi connectivity index (χ4n) is 4.37. The van der Waals surface area contributed by atoms with Crippen molar-refractivity contribution in [1.82, 2.24) is 0 Å². The summed E-state index contributed by atoms with van der Waals surface area (Å²) in [5.41, 5.74) is 0.